The average Bonchev–Trinajstić information content (AvgIpc) is 2.70. The fourth-order valence-corrected chi connectivity index (χ4v) is 1.57. The molecule has 0 spiro atoms. The molecule has 1 heterocycles. The Bertz CT molecular complexity index is 482. The van der Waals surface area contributed by atoms with Gasteiger partial charge in [0.1, 0.15) is 0 Å². The van der Waals surface area contributed by atoms with Crippen molar-refractivity contribution in [1.29, 1.82) is 0 Å². The number of nitrogens with zero attached hydrogens (tertiary/aromatic N) is 2. The molecule has 2 aromatic rings. The van der Waals surface area contributed by atoms with Crippen LogP contribution in [-0.4, -0.2) is 10.1 Å². The molecule has 1 aromatic carbocycles. The molecule has 5 heteroatoms. The first-order chi connectivity index (χ1) is 7.22. The van der Waals surface area contributed by atoms with Gasteiger partial charge in [-0.3, -0.25) is 0 Å². The average molecular weight is 243 g/mol. The number of halogens is 2. The summed E-state index contributed by atoms with van der Waals surface area (Å²) in [7, 11) is 0. The molecule has 0 unspecified atom stereocenters. The second kappa shape index (κ2) is 4.21. The topological polar surface area (TPSA) is 38.9 Å². The predicted molar refractivity (Wildman–Crippen MR) is 59.1 cm³/mol. The third-order valence-corrected chi connectivity index (χ3v) is 2.78. The molecule has 3 nitrogen and oxygen atoms in total. The standard InChI is InChI=1S/C10H8Cl2N2O/c1-2-8-13-10(14-15-8)6-4-3-5-7(11)9(6)12/h3-5H,2H2,1H3. The zero-order valence-electron chi connectivity index (χ0n) is 8.00. The van der Waals surface area contributed by atoms with Crippen molar-refractivity contribution in [3.63, 3.8) is 0 Å². The van der Waals surface area contributed by atoms with Gasteiger partial charge in [0.15, 0.2) is 0 Å². The summed E-state index contributed by atoms with van der Waals surface area (Å²) in [6, 6.07) is 5.32. The Hall–Kier alpha value is -1.06. The number of benzene rings is 1. The van der Waals surface area contributed by atoms with Crippen LogP contribution in [-0.2, 0) is 6.42 Å². The summed E-state index contributed by atoms with van der Waals surface area (Å²) < 4.78 is 5.00. The van der Waals surface area contributed by atoms with Gasteiger partial charge in [0, 0.05) is 12.0 Å². The van der Waals surface area contributed by atoms with Gasteiger partial charge in [0.25, 0.3) is 0 Å². The molecule has 0 N–H and O–H groups in total. The largest absolute Gasteiger partial charge is 0.339 e. The van der Waals surface area contributed by atoms with Gasteiger partial charge in [-0.15, -0.1) is 0 Å². The lowest BCUT2D eigenvalue weighted by atomic mass is 10.2. The van der Waals surface area contributed by atoms with Crippen LogP contribution in [0.5, 0.6) is 0 Å². The molecule has 0 aliphatic carbocycles. The number of aromatic nitrogens is 2. The molecule has 0 fully saturated rings. The summed E-state index contributed by atoms with van der Waals surface area (Å²) in [6.45, 7) is 1.94. The second-order valence-electron chi connectivity index (χ2n) is 2.97. The van der Waals surface area contributed by atoms with Crippen molar-refractivity contribution in [2.45, 2.75) is 13.3 Å². The maximum Gasteiger partial charge on any atom is 0.226 e. The highest BCUT2D eigenvalue weighted by Crippen LogP contribution is 2.31. The molecule has 0 aliphatic rings. The van der Waals surface area contributed by atoms with Crippen LogP contribution in [0.1, 0.15) is 12.8 Å². The van der Waals surface area contributed by atoms with E-state index in [1.165, 1.54) is 0 Å². The van der Waals surface area contributed by atoms with Gasteiger partial charge in [-0.25, -0.2) is 0 Å². The van der Waals surface area contributed by atoms with E-state index in [0.29, 0.717) is 33.7 Å². The van der Waals surface area contributed by atoms with Crippen LogP contribution in [0.4, 0.5) is 0 Å². The lowest BCUT2D eigenvalue weighted by molar-refractivity contribution is 0.383. The maximum absolute atomic E-state index is 6.03. The van der Waals surface area contributed by atoms with Crippen LogP contribution in [0.2, 0.25) is 10.0 Å². The predicted octanol–water partition coefficient (Wildman–Crippen LogP) is 3.61. The Balaban J connectivity index is 2.49. The first-order valence-electron chi connectivity index (χ1n) is 4.49. The quantitative estimate of drug-likeness (QED) is 0.808. The number of aryl methyl sites for hydroxylation is 1. The Morgan fingerprint density at radius 3 is 2.80 bits per heavy atom. The van der Waals surface area contributed by atoms with Crippen molar-refractivity contribution in [2.24, 2.45) is 0 Å². The molecule has 0 bridgehead atoms. The summed E-state index contributed by atoms with van der Waals surface area (Å²) in [5.74, 6) is 1.06. The van der Waals surface area contributed by atoms with Gasteiger partial charge in [-0.2, -0.15) is 4.98 Å². The lowest BCUT2D eigenvalue weighted by Gasteiger charge is -1.99. The van der Waals surface area contributed by atoms with Crippen LogP contribution in [0.15, 0.2) is 22.7 Å². The highest BCUT2D eigenvalue weighted by Gasteiger charge is 2.12. The highest BCUT2D eigenvalue weighted by atomic mass is 35.5. The van der Waals surface area contributed by atoms with E-state index in [4.69, 9.17) is 27.7 Å². The summed E-state index contributed by atoms with van der Waals surface area (Å²) in [5.41, 5.74) is 0.688. The van der Waals surface area contributed by atoms with Crippen molar-refractivity contribution >= 4 is 23.2 Å². The summed E-state index contributed by atoms with van der Waals surface area (Å²) in [6.07, 6.45) is 0.700. The molecule has 78 valence electrons. The zero-order chi connectivity index (χ0) is 10.8. The van der Waals surface area contributed by atoms with E-state index >= 15 is 0 Å². The maximum atomic E-state index is 6.03. The van der Waals surface area contributed by atoms with E-state index < -0.39 is 0 Å². The minimum absolute atomic E-state index is 0.447. The molecule has 0 amide bonds. The first-order valence-corrected chi connectivity index (χ1v) is 5.25. The summed E-state index contributed by atoms with van der Waals surface area (Å²) in [5, 5.41) is 4.76. The van der Waals surface area contributed by atoms with Crippen molar-refractivity contribution < 1.29 is 4.52 Å². The molecule has 0 atom stereocenters. The molecule has 0 radical (unpaired) electrons. The number of hydrogen-bond acceptors (Lipinski definition) is 3. The van der Waals surface area contributed by atoms with Gasteiger partial charge in [0.05, 0.1) is 10.0 Å². The van der Waals surface area contributed by atoms with Gasteiger partial charge in [0.2, 0.25) is 11.7 Å². The van der Waals surface area contributed by atoms with Gasteiger partial charge in [-0.1, -0.05) is 41.3 Å². The molecule has 0 saturated carbocycles. The van der Waals surface area contributed by atoms with Crippen LogP contribution in [0, 0.1) is 0 Å². The lowest BCUT2D eigenvalue weighted by Crippen LogP contribution is -1.84. The minimum Gasteiger partial charge on any atom is -0.339 e. The van der Waals surface area contributed by atoms with Crippen LogP contribution < -0.4 is 0 Å². The Labute approximate surface area is 97.0 Å². The molecule has 2 rings (SSSR count). The van der Waals surface area contributed by atoms with Gasteiger partial charge in [-0.05, 0) is 12.1 Å². The fourth-order valence-electron chi connectivity index (χ4n) is 1.18. The molecular formula is C10H8Cl2N2O. The highest BCUT2D eigenvalue weighted by molar-refractivity contribution is 6.43. The molecular weight excluding hydrogens is 235 g/mol. The fraction of sp³-hybridized carbons (Fsp3) is 0.200. The monoisotopic (exact) mass is 242 g/mol. The molecule has 15 heavy (non-hydrogen) atoms. The third-order valence-electron chi connectivity index (χ3n) is 1.96. The van der Waals surface area contributed by atoms with Gasteiger partial charge < -0.3 is 4.52 Å². The van der Waals surface area contributed by atoms with E-state index in [-0.39, 0.29) is 0 Å². The second-order valence-corrected chi connectivity index (χ2v) is 3.75. The zero-order valence-corrected chi connectivity index (χ0v) is 9.51. The Morgan fingerprint density at radius 1 is 1.33 bits per heavy atom. The van der Waals surface area contributed by atoms with E-state index in [2.05, 4.69) is 10.1 Å². The van der Waals surface area contributed by atoms with Crippen molar-refractivity contribution in [3.8, 4) is 11.4 Å². The summed E-state index contributed by atoms with van der Waals surface area (Å²) >= 11 is 11.9. The van der Waals surface area contributed by atoms with Gasteiger partial charge >= 0.3 is 0 Å². The van der Waals surface area contributed by atoms with Crippen molar-refractivity contribution in [3.05, 3.63) is 34.1 Å². The SMILES string of the molecule is CCc1nc(-c2cccc(Cl)c2Cl)no1. The van der Waals surface area contributed by atoms with Crippen molar-refractivity contribution in [1.82, 2.24) is 10.1 Å². The number of rotatable bonds is 2. The van der Waals surface area contributed by atoms with Crippen LogP contribution in [0.25, 0.3) is 11.4 Å². The molecule has 0 saturated heterocycles. The Morgan fingerprint density at radius 2 is 2.13 bits per heavy atom. The molecule has 0 aliphatic heterocycles. The van der Waals surface area contributed by atoms with Crippen molar-refractivity contribution in [2.75, 3.05) is 0 Å². The minimum atomic E-state index is 0.447. The number of hydrogen-bond donors (Lipinski definition) is 0. The third kappa shape index (κ3) is 1.98. The molecule has 1 aromatic heterocycles. The Kier molecular flexibility index (Phi) is 2.93. The summed E-state index contributed by atoms with van der Waals surface area (Å²) in [4.78, 5) is 4.18. The smallest absolute Gasteiger partial charge is 0.226 e. The first kappa shape index (κ1) is 10.5. The van der Waals surface area contributed by atoms with Crippen LogP contribution >= 0.6 is 23.2 Å². The normalized spacial score (nSPS) is 10.6. The van der Waals surface area contributed by atoms with E-state index in [1.807, 2.05) is 6.92 Å². The van der Waals surface area contributed by atoms with E-state index in [0.717, 1.165) is 0 Å². The van der Waals surface area contributed by atoms with Crippen LogP contribution in [0.3, 0.4) is 0 Å². The van der Waals surface area contributed by atoms with E-state index in [9.17, 15) is 0 Å². The van der Waals surface area contributed by atoms with E-state index in [1.54, 1.807) is 18.2 Å².